The Bertz CT molecular complexity index is 762. The number of phenols is 1. The van der Waals surface area contributed by atoms with E-state index in [-0.39, 0.29) is 11.7 Å². The van der Waals surface area contributed by atoms with E-state index in [1.165, 1.54) is 0 Å². The van der Waals surface area contributed by atoms with E-state index in [0.717, 1.165) is 40.0 Å². The van der Waals surface area contributed by atoms with Crippen LogP contribution in [0.15, 0.2) is 24.3 Å². The Morgan fingerprint density at radius 3 is 2.00 bits per heavy atom. The van der Waals surface area contributed by atoms with Crippen molar-refractivity contribution in [3.05, 3.63) is 52.1 Å². The van der Waals surface area contributed by atoms with E-state index in [9.17, 15) is 15.0 Å². The summed E-state index contributed by atoms with van der Waals surface area (Å²) in [5.74, 6) is 0.661. The summed E-state index contributed by atoms with van der Waals surface area (Å²) >= 11 is 0. The third-order valence-corrected chi connectivity index (χ3v) is 4.67. The molecule has 2 N–H and O–H groups in total. The van der Waals surface area contributed by atoms with Crippen molar-refractivity contribution in [1.29, 1.82) is 0 Å². The summed E-state index contributed by atoms with van der Waals surface area (Å²) in [6.07, 6.45) is 2.07. The van der Waals surface area contributed by atoms with Gasteiger partial charge in [-0.15, -0.1) is 0 Å². The molecule has 0 aliphatic rings. The Kier molecular flexibility index (Phi) is 6.30. The number of phenolic OH excluding ortho intramolecular Hbond substituents is 1. The first-order valence-electron chi connectivity index (χ1n) is 9.03. The lowest BCUT2D eigenvalue weighted by molar-refractivity contribution is -0.141. The van der Waals surface area contributed by atoms with E-state index in [1.54, 1.807) is 0 Å². The average molecular weight is 356 g/mol. The Morgan fingerprint density at radius 1 is 1.00 bits per heavy atom. The van der Waals surface area contributed by atoms with Gasteiger partial charge in [-0.05, 0) is 80.5 Å². The molecular formula is C22H28O4. The normalized spacial score (nSPS) is 12.0. The maximum absolute atomic E-state index is 11.4. The van der Waals surface area contributed by atoms with Crippen molar-refractivity contribution < 1.29 is 19.7 Å². The van der Waals surface area contributed by atoms with Crippen molar-refractivity contribution in [2.24, 2.45) is 5.92 Å². The molecule has 0 aromatic heterocycles. The van der Waals surface area contributed by atoms with Crippen LogP contribution in [0.4, 0.5) is 0 Å². The molecule has 1 atom stereocenters. The number of rotatable bonds is 7. The minimum absolute atomic E-state index is 0.289. The molecule has 2 aromatic rings. The van der Waals surface area contributed by atoms with Crippen molar-refractivity contribution in [3.63, 3.8) is 0 Å². The first-order chi connectivity index (χ1) is 12.2. The van der Waals surface area contributed by atoms with Crippen molar-refractivity contribution in [2.75, 3.05) is 0 Å². The van der Waals surface area contributed by atoms with E-state index in [1.807, 2.05) is 58.9 Å². The third kappa shape index (κ3) is 4.57. The monoisotopic (exact) mass is 356 g/mol. The molecule has 2 aromatic carbocycles. The fourth-order valence-electron chi connectivity index (χ4n) is 3.36. The van der Waals surface area contributed by atoms with E-state index >= 15 is 0 Å². The largest absolute Gasteiger partial charge is 0.507 e. The Hall–Kier alpha value is -2.49. The highest BCUT2D eigenvalue weighted by molar-refractivity contribution is 5.70. The Labute approximate surface area is 155 Å². The molecule has 26 heavy (non-hydrogen) atoms. The van der Waals surface area contributed by atoms with Gasteiger partial charge in [0.25, 0.3) is 0 Å². The topological polar surface area (TPSA) is 66.8 Å². The molecule has 0 aliphatic heterocycles. The fourth-order valence-corrected chi connectivity index (χ4v) is 3.36. The van der Waals surface area contributed by atoms with Crippen LogP contribution in [0, 0.1) is 33.6 Å². The molecule has 0 fully saturated rings. The number of aliphatic carboxylic acids is 1. The molecule has 0 radical (unpaired) electrons. The van der Waals surface area contributed by atoms with Crippen LogP contribution in [-0.4, -0.2) is 16.2 Å². The zero-order chi connectivity index (χ0) is 19.4. The summed E-state index contributed by atoms with van der Waals surface area (Å²) in [5, 5.41) is 19.3. The smallest absolute Gasteiger partial charge is 0.306 e. The standard InChI is InChI=1S/C22H28O4/c1-6-7-18(22(24)25)12-17-8-15(4)21(16(5)9-17)26-19-10-13(2)20(23)14(3)11-19/h8-11,18,23H,6-7,12H2,1-5H3,(H,24,25). The van der Waals surface area contributed by atoms with Crippen LogP contribution in [0.5, 0.6) is 17.2 Å². The number of carboxylic acids is 1. The lowest BCUT2D eigenvalue weighted by atomic mass is 9.93. The van der Waals surface area contributed by atoms with Gasteiger partial charge in [0.05, 0.1) is 5.92 Å². The fraction of sp³-hybridized carbons (Fsp3) is 0.409. The highest BCUT2D eigenvalue weighted by atomic mass is 16.5. The van der Waals surface area contributed by atoms with Crippen LogP contribution in [0.25, 0.3) is 0 Å². The predicted molar refractivity (Wildman–Crippen MR) is 103 cm³/mol. The van der Waals surface area contributed by atoms with Crippen LogP contribution in [0.2, 0.25) is 0 Å². The van der Waals surface area contributed by atoms with E-state index in [2.05, 4.69) is 0 Å². The molecule has 0 amide bonds. The molecule has 4 nitrogen and oxygen atoms in total. The highest BCUT2D eigenvalue weighted by Gasteiger charge is 2.18. The van der Waals surface area contributed by atoms with Gasteiger partial charge < -0.3 is 14.9 Å². The summed E-state index contributed by atoms with van der Waals surface area (Å²) in [7, 11) is 0. The van der Waals surface area contributed by atoms with Crippen molar-refractivity contribution in [3.8, 4) is 17.2 Å². The quantitative estimate of drug-likeness (QED) is 0.691. The number of aryl methyl sites for hydroxylation is 4. The minimum Gasteiger partial charge on any atom is -0.507 e. The van der Waals surface area contributed by atoms with E-state index < -0.39 is 5.97 Å². The predicted octanol–water partition coefficient (Wildman–Crippen LogP) is 5.46. The maximum atomic E-state index is 11.4. The summed E-state index contributed by atoms with van der Waals surface area (Å²) in [4.78, 5) is 11.4. The zero-order valence-corrected chi connectivity index (χ0v) is 16.2. The number of hydrogen-bond acceptors (Lipinski definition) is 3. The third-order valence-electron chi connectivity index (χ3n) is 4.67. The van der Waals surface area contributed by atoms with Gasteiger partial charge in [-0.1, -0.05) is 25.5 Å². The first-order valence-corrected chi connectivity index (χ1v) is 9.03. The van der Waals surface area contributed by atoms with E-state index in [4.69, 9.17) is 4.74 Å². The summed E-state index contributed by atoms with van der Waals surface area (Å²) in [5.41, 5.74) is 4.52. The summed E-state index contributed by atoms with van der Waals surface area (Å²) < 4.78 is 6.08. The molecule has 2 rings (SSSR count). The molecule has 4 heteroatoms. The Balaban J connectivity index is 2.28. The highest BCUT2D eigenvalue weighted by Crippen LogP contribution is 2.34. The second-order valence-corrected chi connectivity index (χ2v) is 7.09. The van der Waals surface area contributed by atoms with Crippen LogP contribution in [-0.2, 0) is 11.2 Å². The van der Waals surface area contributed by atoms with Gasteiger partial charge in [0, 0.05) is 0 Å². The molecule has 0 saturated carbocycles. The zero-order valence-electron chi connectivity index (χ0n) is 16.2. The molecule has 0 spiro atoms. The second-order valence-electron chi connectivity index (χ2n) is 7.09. The number of carboxylic acid groups (broad SMARTS) is 1. The number of carbonyl (C=O) groups is 1. The molecule has 0 heterocycles. The van der Waals surface area contributed by atoms with Crippen LogP contribution in [0.3, 0.4) is 0 Å². The van der Waals surface area contributed by atoms with Crippen LogP contribution in [0.1, 0.15) is 47.6 Å². The van der Waals surface area contributed by atoms with Crippen LogP contribution >= 0.6 is 0 Å². The van der Waals surface area contributed by atoms with Gasteiger partial charge in [-0.25, -0.2) is 0 Å². The van der Waals surface area contributed by atoms with Gasteiger partial charge in [-0.3, -0.25) is 4.79 Å². The maximum Gasteiger partial charge on any atom is 0.306 e. The van der Waals surface area contributed by atoms with Crippen LogP contribution < -0.4 is 4.74 Å². The van der Waals surface area contributed by atoms with E-state index in [0.29, 0.717) is 18.6 Å². The lowest BCUT2D eigenvalue weighted by Crippen LogP contribution is -2.16. The summed E-state index contributed by atoms with van der Waals surface area (Å²) in [6.45, 7) is 9.64. The van der Waals surface area contributed by atoms with Gasteiger partial charge in [0.2, 0.25) is 0 Å². The van der Waals surface area contributed by atoms with Crippen molar-refractivity contribution in [1.82, 2.24) is 0 Å². The molecule has 0 aliphatic carbocycles. The molecule has 0 bridgehead atoms. The number of aromatic hydroxyl groups is 1. The van der Waals surface area contributed by atoms with Gasteiger partial charge in [0.15, 0.2) is 0 Å². The molecule has 1 unspecified atom stereocenters. The van der Waals surface area contributed by atoms with Crippen molar-refractivity contribution in [2.45, 2.75) is 53.9 Å². The first kappa shape index (κ1) is 19.8. The number of ether oxygens (including phenoxy) is 1. The van der Waals surface area contributed by atoms with Gasteiger partial charge >= 0.3 is 5.97 Å². The average Bonchev–Trinajstić information content (AvgIpc) is 2.55. The second kappa shape index (κ2) is 8.26. The summed E-state index contributed by atoms with van der Waals surface area (Å²) in [6, 6.07) is 7.65. The number of benzene rings is 2. The Morgan fingerprint density at radius 2 is 1.54 bits per heavy atom. The lowest BCUT2D eigenvalue weighted by Gasteiger charge is -2.17. The molecular weight excluding hydrogens is 328 g/mol. The molecule has 140 valence electrons. The minimum atomic E-state index is -0.738. The van der Waals surface area contributed by atoms with Gasteiger partial charge in [0.1, 0.15) is 17.2 Å². The number of hydrogen-bond donors (Lipinski definition) is 2. The van der Waals surface area contributed by atoms with Gasteiger partial charge in [-0.2, -0.15) is 0 Å². The van der Waals surface area contributed by atoms with Crippen molar-refractivity contribution >= 4 is 5.97 Å². The molecule has 0 saturated heterocycles. The SMILES string of the molecule is CCCC(Cc1cc(C)c(Oc2cc(C)c(O)c(C)c2)c(C)c1)C(=O)O.